The Morgan fingerprint density at radius 2 is 2.05 bits per heavy atom. The monoisotopic (exact) mass is 309 g/mol. The average Bonchev–Trinajstić information content (AvgIpc) is 3.01. The van der Waals surface area contributed by atoms with Gasteiger partial charge in [0.2, 0.25) is 11.8 Å². The second-order valence-corrected chi connectivity index (χ2v) is 6.15. The van der Waals surface area contributed by atoms with Crippen LogP contribution in [0.5, 0.6) is 0 Å². The van der Waals surface area contributed by atoms with Gasteiger partial charge in [0.05, 0.1) is 11.2 Å². The summed E-state index contributed by atoms with van der Waals surface area (Å²) in [6.45, 7) is 6.40. The Balaban J connectivity index is 2.20. The summed E-state index contributed by atoms with van der Waals surface area (Å²) in [4.78, 5) is 31.2. The van der Waals surface area contributed by atoms with Crippen molar-refractivity contribution in [2.75, 3.05) is 6.54 Å². The Morgan fingerprint density at radius 1 is 1.33 bits per heavy atom. The van der Waals surface area contributed by atoms with Crippen LogP contribution in [0.3, 0.4) is 0 Å². The molecule has 2 rings (SSSR count). The molecule has 1 aromatic rings. The van der Waals surface area contributed by atoms with E-state index in [9.17, 15) is 9.59 Å². The zero-order chi connectivity index (χ0) is 15.5. The second kappa shape index (κ2) is 6.56. The van der Waals surface area contributed by atoms with E-state index in [0.717, 1.165) is 5.69 Å². The average molecular weight is 309 g/mol. The Morgan fingerprint density at radius 3 is 2.57 bits per heavy atom. The van der Waals surface area contributed by atoms with Gasteiger partial charge in [-0.25, -0.2) is 4.98 Å². The first-order valence-electron chi connectivity index (χ1n) is 7.58. The third-order valence-electron chi connectivity index (χ3n) is 4.40. The lowest BCUT2D eigenvalue weighted by molar-refractivity contribution is -0.155. The van der Waals surface area contributed by atoms with Gasteiger partial charge in [-0.1, -0.05) is 20.8 Å². The van der Waals surface area contributed by atoms with Gasteiger partial charge in [-0.3, -0.25) is 9.59 Å². The van der Waals surface area contributed by atoms with Crippen molar-refractivity contribution < 1.29 is 9.59 Å². The minimum Gasteiger partial charge on any atom is -0.340 e. The fourth-order valence-corrected chi connectivity index (χ4v) is 3.51. The summed E-state index contributed by atoms with van der Waals surface area (Å²) in [5.41, 5.74) is 2.04. The molecule has 1 fully saturated rings. The number of amides is 2. The predicted octanol–water partition coefficient (Wildman–Crippen LogP) is 1.98. The lowest BCUT2D eigenvalue weighted by Gasteiger charge is -2.45. The number of piperazine rings is 1. The number of hydrogen-bond donors (Lipinski definition) is 1. The van der Waals surface area contributed by atoms with Gasteiger partial charge in [0, 0.05) is 18.3 Å². The highest BCUT2D eigenvalue weighted by Crippen LogP contribution is 2.26. The van der Waals surface area contributed by atoms with Gasteiger partial charge < -0.3 is 10.2 Å². The molecule has 1 aliphatic heterocycles. The molecular weight excluding hydrogens is 286 g/mol. The van der Waals surface area contributed by atoms with Crippen molar-refractivity contribution in [1.29, 1.82) is 0 Å². The van der Waals surface area contributed by atoms with Gasteiger partial charge in [-0.2, -0.15) is 0 Å². The maximum atomic E-state index is 12.9. The van der Waals surface area contributed by atoms with Crippen LogP contribution in [-0.4, -0.2) is 39.8 Å². The third-order valence-corrected chi connectivity index (χ3v) is 5.03. The summed E-state index contributed by atoms with van der Waals surface area (Å²) >= 11 is 1.55. The fourth-order valence-electron chi connectivity index (χ4n) is 2.92. The summed E-state index contributed by atoms with van der Waals surface area (Å²) < 4.78 is 0. The van der Waals surface area contributed by atoms with Crippen molar-refractivity contribution >= 4 is 23.2 Å². The molecule has 1 N–H and O–H groups in total. The normalized spacial score (nSPS) is 21.5. The molecule has 5 nitrogen and oxygen atoms in total. The molecule has 6 heteroatoms. The minimum absolute atomic E-state index is 0.0286. The molecule has 116 valence electrons. The molecule has 0 aliphatic carbocycles. The van der Waals surface area contributed by atoms with Crippen molar-refractivity contribution in [3.8, 4) is 0 Å². The number of hydrogen-bond acceptors (Lipinski definition) is 4. The summed E-state index contributed by atoms with van der Waals surface area (Å²) in [6, 6.07) is -0.359. The highest BCUT2D eigenvalue weighted by molar-refractivity contribution is 7.07. The number of rotatable bonds is 6. The molecule has 21 heavy (non-hydrogen) atoms. The minimum atomic E-state index is -0.731. The SMILES string of the molecule is CCC1C(=O)NC(CC)(CC)C(=O)N1CCc1cscn1. The van der Waals surface area contributed by atoms with Crippen molar-refractivity contribution in [3.05, 3.63) is 16.6 Å². The molecule has 1 saturated heterocycles. The Hall–Kier alpha value is -1.43. The van der Waals surface area contributed by atoms with Gasteiger partial charge in [0.15, 0.2) is 0 Å². The van der Waals surface area contributed by atoms with Crippen LogP contribution in [0, 0.1) is 0 Å². The quantitative estimate of drug-likeness (QED) is 0.874. The van der Waals surface area contributed by atoms with Crippen molar-refractivity contribution in [2.45, 2.75) is 58.0 Å². The highest BCUT2D eigenvalue weighted by atomic mass is 32.1. The van der Waals surface area contributed by atoms with E-state index >= 15 is 0 Å². The molecule has 0 saturated carbocycles. The lowest BCUT2D eigenvalue weighted by Crippen LogP contribution is -2.70. The Bertz CT molecular complexity index is 497. The first-order chi connectivity index (χ1) is 10.1. The first kappa shape index (κ1) is 15.9. The van der Waals surface area contributed by atoms with E-state index in [1.54, 1.807) is 21.7 Å². The molecule has 0 spiro atoms. The van der Waals surface area contributed by atoms with E-state index in [-0.39, 0.29) is 17.9 Å². The molecule has 1 unspecified atom stereocenters. The predicted molar refractivity (Wildman–Crippen MR) is 83.1 cm³/mol. The number of carbonyl (C=O) groups excluding carboxylic acids is 2. The van der Waals surface area contributed by atoms with E-state index in [1.807, 2.05) is 26.2 Å². The maximum Gasteiger partial charge on any atom is 0.248 e. The summed E-state index contributed by atoms with van der Waals surface area (Å²) in [5, 5.41) is 4.95. The van der Waals surface area contributed by atoms with Gasteiger partial charge >= 0.3 is 0 Å². The number of carbonyl (C=O) groups is 2. The van der Waals surface area contributed by atoms with Crippen LogP contribution < -0.4 is 5.32 Å². The van der Waals surface area contributed by atoms with Crippen LogP contribution >= 0.6 is 11.3 Å². The molecule has 1 aromatic heterocycles. The van der Waals surface area contributed by atoms with Gasteiger partial charge in [-0.15, -0.1) is 11.3 Å². The molecular formula is C15H23N3O2S. The summed E-state index contributed by atoms with van der Waals surface area (Å²) in [6.07, 6.45) is 2.58. The zero-order valence-corrected chi connectivity index (χ0v) is 13.7. The molecule has 0 aromatic carbocycles. The van der Waals surface area contributed by atoms with E-state index in [1.165, 1.54) is 0 Å². The largest absolute Gasteiger partial charge is 0.340 e. The Labute approximate surface area is 129 Å². The highest BCUT2D eigenvalue weighted by Gasteiger charge is 2.47. The van der Waals surface area contributed by atoms with Crippen molar-refractivity contribution in [2.24, 2.45) is 0 Å². The van der Waals surface area contributed by atoms with E-state index in [0.29, 0.717) is 32.2 Å². The van der Waals surface area contributed by atoms with Crippen LogP contribution in [-0.2, 0) is 16.0 Å². The van der Waals surface area contributed by atoms with Crippen molar-refractivity contribution in [1.82, 2.24) is 15.2 Å². The molecule has 2 amide bonds. The molecule has 0 radical (unpaired) electrons. The Kier molecular flexibility index (Phi) is 4.98. The smallest absolute Gasteiger partial charge is 0.248 e. The fraction of sp³-hybridized carbons (Fsp3) is 0.667. The zero-order valence-electron chi connectivity index (χ0n) is 12.9. The second-order valence-electron chi connectivity index (χ2n) is 5.43. The first-order valence-corrected chi connectivity index (χ1v) is 8.52. The number of aromatic nitrogens is 1. The van der Waals surface area contributed by atoms with Crippen LogP contribution in [0.15, 0.2) is 10.9 Å². The van der Waals surface area contributed by atoms with Crippen LogP contribution in [0.25, 0.3) is 0 Å². The summed E-state index contributed by atoms with van der Waals surface area (Å²) in [7, 11) is 0. The lowest BCUT2D eigenvalue weighted by atomic mass is 9.86. The number of nitrogens with zero attached hydrogens (tertiary/aromatic N) is 2. The van der Waals surface area contributed by atoms with Gasteiger partial charge in [0.25, 0.3) is 0 Å². The molecule has 1 atom stereocenters. The van der Waals surface area contributed by atoms with Crippen LogP contribution in [0.4, 0.5) is 0 Å². The van der Waals surface area contributed by atoms with Gasteiger partial charge in [-0.05, 0) is 19.3 Å². The topological polar surface area (TPSA) is 62.3 Å². The van der Waals surface area contributed by atoms with E-state index in [2.05, 4.69) is 10.3 Å². The van der Waals surface area contributed by atoms with Gasteiger partial charge in [0.1, 0.15) is 11.6 Å². The van der Waals surface area contributed by atoms with E-state index < -0.39 is 5.54 Å². The maximum absolute atomic E-state index is 12.9. The van der Waals surface area contributed by atoms with Crippen molar-refractivity contribution in [3.63, 3.8) is 0 Å². The van der Waals surface area contributed by atoms with E-state index in [4.69, 9.17) is 0 Å². The number of nitrogens with one attached hydrogen (secondary N) is 1. The third kappa shape index (κ3) is 2.95. The standard InChI is InChI=1S/C15H23N3O2S/c1-4-12-13(19)17-15(5-2,6-3)14(20)18(12)8-7-11-9-21-10-16-11/h9-10,12H,4-8H2,1-3H3,(H,17,19). The molecule has 2 heterocycles. The molecule has 1 aliphatic rings. The molecule has 0 bridgehead atoms. The summed E-state index contributed by atoms with van der Waals surface area (Å²) in [5.74, 6) is 0.0215. The number of thiazole rings is 1. The van der Waals surface area contributed by atoms with Crippen LogP contribution in [0.1, 0.15) is 45.7 Å². The van der Waals surface area contributed by atoms with Crippen LogP contribution in [0.2, 0.25) is 0 Å².